The molecule has 2 amide bonds. The van der Waals surface area contributed by atoms with Crippen LogP contribution >= 0.6 is 11.3 Å². The van der Waals surface area contributed by atoms with Gasteiger partial charge in [-0.1, -0.05) is 0 Å². The minimum absolute atomic E-state index is 0.0336. The molecular weight excluding hydrogens is 334 g/mol. The third-order valence-corrected chi connectivity index (χ3v) is 6.16. The van der Waals surface area contributed by atoms with Gasteiger partial charge in [0.15, 0.2) is 0 Å². The maximum absolute atomic E-state index is 12.4. The number of benzene rings is 1. The van der Waals surface area contributed by atoms with Gasteiger partial charge in [-0.25, -0.2) is 4.79 Å². The van der Waals surface area contributed by atoms with Crippen molar-refractivity contribution >= 4 is 28.7 Å². The molecule has 0 bridgehead atoms. The number of rotatable bonds is 3. The number of hydrogen-bond donors (Lipinski definition) is 2. The quantitative estimate of drug-likeness (QED) is 0.886. The number of carbonyl (C=O) groups excluding carboxylic acids is 1. The number of thiophene rings is 1. The topological polar surface area (TPSA) is 55.8 Å². The maximum atomic E-state index is 12.4. The Morgan fingerprint density at radius 3 is 2.88 bits per heavy atom. The number of urea groups is 1. The molecule has 0 radical (unpaired) electrons. The van der Waals surface area contributed by atoms with Crippen LogP contribution in [-0.4, -0.2) is 41.8 Å². The van der Waals surface area contributed by atoms with E-state index in [0.29, 0.717) is 6.54 Å². The fraction of sp³-hybridized carbons (Fsp3) is 0.421. The van der Waals surface area contributed by atoms with Gasteiger partial charge in [0, 0.05) is 35.9 Å². The summed E-state index contributed by atoms with van der Waals surface area (Å²) in [6.07, 6.45) is 2.93. The number of nitrogens with zero attached hydrogens (tertiary/aromatic N) is 2. The fourth-order valence-corrected chi connectivity index (χ4v) is 4.60. The van der Waals surface area contributed by atoms with E-state index in [2.05, 4.69) is 33.8 Å². The van der Waals surface area contributed by atoms with Crippen LogP contribution in [0.4, 0.5) is 16.2 Å². The highest BCUT2D eigenvalue weighted by Crippen LogP contribution is 2.28. The fourth-order valence-electron chi connectivity index (χ4n) is 3.71. The van der Waals surface area contributed by atoms with Crippen LogP contribution in [0.5, 0.6) is 0 Å². The van der Waals surface area contributed by atoms with Crippen molar-refractivity contribution in [3.8, 4) is 0 Å². The van der Waals surface area contributed by atoms with Crippen molar-refractivity contribution < 1.29 is 9.90 Å². The van der Waals surface area contributed by atoms with Gasteiger partial charge in [0.05, 0.1) is 12.6 Å². The predicted molar refractivity (Wildman–Crippen MR) is 101 cm³/mol. The molecule has 2 N–H and O–H groups in total. The van der Waals surface area contributed by atoms with Crippen molar-refractivity contribution in [2.45, 2.75) is 31.8 Å². The zero-order chi connectivity index (χ0) is 17.2. The van der Waals surface area contributed by atoms with Crippen molar-refractivity contribution in [2.24, 2.45) is 0 Å². The van der Waals surface area contributed by atoms with Crippen molar-refractivity contribution in [3.63, 3.8) is 0 Å². The summed E-state index contributed by atoms with van der Waals surface area (Å²) in [6.45, 7) is 2.74. The Bertz CT molecular complexity index is 743. The van der Waals surface area contributed by atoms with Gasteiger partial charge in [0.1, 0.15) is 0 Å². The molecule has 6 heteroatoms. The highest BCUT2D eigenvalue weighted by atomic mass is 32.1. The van der Waals surface area contributed by atoms with Crippen molar-refractivity contribution in [1.29, 1.82) is 0 Å². The van der Waals surface area contributed by atoms with Gasteiger partial charge >= 0.3 is 6.03 Å². The summed E-state index contributed by atoms with van der Waals surface area (Å²) in [5, 5.41) is 14.5. The SMILES string of the molecule is O=C(Nc1ccc(N2CCc3sccc3C2)cc1)N1CCC[C@H]1CO. The largest absolute Gasteiger partial charge is 0.394 e. The van der Waals surface area contributed by atoms with Crippen LogP contribution < -0.4 is 10.2 Å². The summed E-state index contributed by atoms with van der Waals surface area (Å²) in [4.78, 5) is 18.0. The van der Waals surface area contributed by atoms with E-state index >= 15 is 0 Å². The lowest BCUT2D eigenvalue weighted by atomic mass is 10.1. The number of nitrogens with one attached hydrogen (secondary N) is 1. The number of aliphatic hydroxyl groups excluding tert-OH is 1. The second-order valence-corrected chi connectivity index (χ2v) is 7.69. The number of hydrogen-bond acceptors (Lipinski definition) is 4. The zero-order valence-corrected chi connectivity index (χ0v) is 15.0. The third kappa shape index (κ3) is 3.37. The van der Waals surface area contributed by atoms with Crippen LogP contribution in [-0.2, 0) is 13.0 Å². The summed E-state index contributed by atoms with van der Waals surface area (Å²) in [7, 11) is 0. The molecule has 25 heavy (non-hydrogen) atoms. The van der Waals surface area contributed by atoms with Crippen LogP contribution in [0.25, 0.3) is 0 Å². The third-order valence-electron chi connectivity index (χ3n) is 5.14. The monoisotopic (exact) mass is 357 g/mol. The first-order chi connectivity index (χ1) is 12.2. The van der Waals surface area contributed by atoms with Gasteiger partial charge in [0.2, 0.25) is 0 Å². The lowest BCUT2D eigenvalue weighted by Gasteiger charge is -2.29. The van der Waals surface area contributed by atoms with Crippen molar-refractivity contribution in [3.05, 3.63) is 46.2 Å². The Kier molecular flexibility index (Phi) is 4.63. The lowest BCUT2D eigenvalue weighted by Crippen LogP contribution is -2.40. The second kappa shape index (κ2) is 7.06. The average molecular weight is 357 g/mol. The van der Waals surface area contributed by atoms with E-state index < -0.39 is 0 Å². The molecule has 5 nitrogen and oxygen atoms in total. The molecule has 0 spiro atoms. The summed E-state index contributed by atoms with van der Waals surface area (Å²) in [6, 6.07) is 10.1. The van der Waals surface area contributed by atoms with E-state index in [0.717, 1.165) is 38.0 Å². The van der Waals surface area contributed by atoms with E-state index in [4.69, 9.17) is 0 Å². The van der Waals surface area contributed by atoms with Crippen molar-refractivity contribution in [2.75, 3.05) is 29.9 Å². The van der Waals surface area contributed by atoms with Crippen LogP contribution in [0.2, 0.25) is 0 Å². The number of fused-ring (bicyclic) bond motifs is 1. The van der Waals surface area contributed by atoms with E-state index in [9.17, 15) is 9.90 Å². The summed E-state index contributed by atoms with van der Waals surface area (Å²) in [5.41, 5.74) is 3.41. The highest BCUT2D eigenvalue weighted by Gasteiger charge is 2.28. The normalized spacial score (nSPS) is 19.8. The van der Waals surface area contributed by atoms with Crippen LogP contribution in [0.15, 0.2) is 35.7 Å². The molecule has 0 aliphatic carbocycles. The van der Waals surface area contributed by atoms with Gasteiger partial charge in [-0.15, -0.1) is 11.3 Å². The minimum Gasteiger partial charge on any atom is -0.394 e. The molecule has 2 aliphatic heterocycles. The van der Waals surface area contributed by atoms with Gasteiger partial charge in [-0.2, -0.15) is 0 Å². The predicted octanol–water partition coefficient (Wildman–Crippen LogP) is 3.30. The van der Waals surface area contributed by atoms with Crippen LogP contribution in [0, 0.1) is 0 Å². The lowest BCUT2D eigenvalue weighted by molar-refractivity contribution is 0.166. The number of aliphatic hydroxyl groups is 1. The number of amides is 2. The average Bonchev–Trinajstić information content (AvgIpc) is 3.30. The number of carbonyl (C=O) groups is 1. The van der Waals surface area contributed by atoms with Gasteiger partial charge in [-0.3, -0.25) is 0 Å². The molecule has 1 saturated heterocycles. The van der Waals surface area contributed by atoms with Gasteiger partial charge in [-0.05, 0) is 60.5 Å². The maximum Gasteiger partial charge on any atom is 0.322 e. The van der Waals surface area contributed by atoms with Crippen molar-refractivity contribution in [1.82, 2.24) is 4.90 Å². The first-order valence-corrected chi connectivity index (χ1v) is 9.71. The molecule has 1 atom stereocenters. The Morgan fingerprint density at radius 1 is 1.24 bits per heavy atom. The first kappa shape index (κ1) is 16.4. The van der Waals surface area contributed by atoms with E-state index in [1.54, 1.807) is 4.90 Å². The van der Waals surface area contributed by atoms with Crippen LogP contribution in [0.1, 0.15) is 23.3 Å². The Hall–Kier alpha value is -2.05. The molecule has 0 saturated carbocycles. The first-order valence-electron chi connectivity index (χ1n) is 8.83. The second-order valence-electron chi connectivity index (χ2n) is 6.69. The Labute approximate surface area is 151 Å². The zero-order valence-electron chi connectivity index (χ0n) is 14.1. The summed E-state index contributed by atoms with van der Waals surface area (Å²) >= 11 is 1.85. The Balaban J connectivity index is 1.40. The highest BCUT2D eigenvalue weighted by molar-refractivity contribution is 7.10. The number of likely N-dealkylation sites (tertiary alicyclic amines) is 1. The molecule has 2 aliphatic rings. The molecule has 0 unspecified atom stereocenters. The van der Waals surface area contributed by atoms with E-state index in [1.165, 1.54) is 16.1 Å². The summed E-state index contributed by atoms with van der Waals surface area (Å²) in [5.74, 6) is 0. The molecule has 1 fully saturated rings. The smallest absolute Gasteiger partial charge is 0.322 e. The molecule has 4 rings (SSSR count). The van der Waals surface area contributed by atoms with E-state index in [1.807, 2.05) is 23.5 Å². The molecule has 3 heterocycles. The van der Waals surface area contributed by atoms with E-state index in [-0.39, 0.29) is 18.7 Å². The summed E-state index contributed by atoms with van der Waals surface area (Å²) < 4.78 is 0. The van der Waals surface area contributed by atoms with Crippen LogP contribution in [0.3, 0.4) is 0 Å². The number of anilines is 2. The Morgan fingerprint density at radius 2 is 2.08 bits per heavy atom. The molecule has 2 aromatic rings. The molecular formula is C19H23N3O2S. The minimum atomic E-state index is -0.120. The standard InChI is InChI=1S/C19H23N3O2S/c23-13-17-2-1-9-22(17)19(24)20-15-3-5-16(6-4-15)21-10-7-18-14(12-21)8-11-25-18/h3-6,8,11,17,23H,1-2,7,9-10,12-13H2,(H,20,24)/t17-/m0/s1. The molecule has 1 aromatic heterocycles. The molecule has 132 valence electrons. The van der Waals surface area contributed by atoms with Gasteiger partial charge in [0.25, 0.3) is 0 Å². The molecule has 1 aromatic carbocycles. The van der Waals surface area contributed by atoms with Gasteiger partial charge < -0.3 is 20.2 Å².